The zero-order valence-electron chi connectivity index (χ0n) is 12.1. The van der Waals surface area contributed by atoms with Gasteiger partial charge in [0.1, 0.15) is 5.75 Å². The van der Waals surface area contributed by atoms with Gasteiger partial charge in [-0.25, -0.2) is 0 Å². The fourth-order valence-corrected chi connectivity index (χ4v) is 2.14. The molecule has 0 aliphatic heterocycles. The quantitative estimate of drug-likeness (QED) is 0.849. The number of nitrogens with zero attached hydrogens (tertiary/aromatic N) is 2. The van der Waals surface area contributed by atoms with Gasteiger partial charge in [-0.2, -0.15) is 5.26 Å². The van der Waals surface area contributed by atoms with E-state index < -0.39 is 0 Å². The molecule has 0 aliphatic carbocycles. The second-order valence-corrected chi connectivity index (χ2v) is 4.81. The van der Waals surface area contributed by atoms with Crippen LogP contribution >= 0.6 is 0 Å². The minimum absolute atomic E-state index is 0.704. The molecule has 0 heterocycles. The summed E-state index contributed by atoms with van der Waals surface area (Å²) in [6.45, 7) is 2.83. The van der Waals surface area contributed by atoms with Gasteiger partial charge in [-0.3, -0.25) is 0 Å². The number of methoxy groups -OCH3 is 1. The monoisotopic (exact) mass is 266 g/mol. The molecule has 3 nitrogen and oxygen atoms in total. The van der Waals surface area contributed by atoms with E-state index in [1.807, 2.05) is 50.4 Å². The van der Waals surface area contributed by atoms with E-state index >= 15 is 0 Å². The van der Waals surface area contributed by atoms with Gasteiger partial charge in [-0.05, 0) is 42.3 Å². The Balaban J connectivity index is 2.19. The predicted octanol–water partition coefficient (Wildman–Crippen LogP) is 3.51. The largest absolute Gasteiger partial charge is 0.497 e. The summed E-state index contributed by atoms with van der Waals surface area (Å²) >= 11 is 0. The average Bonchev–Trinajstić information content (AvgIpc) is 2.49. The molecular weight excluding hydrogens is 248 g/mol. The van der Waals surface area contributed by atoms with Gasteiger partial charge in [0, 0.05) is 25.3 Å². The van der Waals surface area contributed by atoms with Crippen LogP contribution in [0.2, 0.25) is 0 Å². The minimum Gasteiger partial charge on any atom is -0.497 e. The highest BCUT2D eigenvalue weighted by molar-refractivity contribution is 5.51. The SMILES string of the molecule is COc1cccc(N(C)Cc2ccc(C#N)cc2C)c1. The van der Waals surface area contributed by atoms with Crippen LogP contribution < -0.4 is 9.64 Å². The van der Waals surface area contributed by atoms with Crippen molar-refractivity contribution in [2.75, 3.05) is 19.1 Å². The van der Waals surface area contributed by atoms with Crippen molar-refractivity contribution in [2.45, 2.75) is 13.5 Å². The van der Waals surface area contributed by atoms with E-state index in [1.165, 1.54) is 5.56 Å². The summed E-state index contributed by atoms with van der Waals surface area (Å²) in [5.74, 6) is 0.853. The van der Waals surface area contributed by atoms with Crippen LogP contribution in [0.4, 0.5) is 5.69 Å². The first-order valence-corrected chi connectivity index (χ1v) is 6.49. The first-order chi connectivity index (χ1) is 9.63. The molecule has 0 unspecified atom stereocenters. The van der Waals surface area contributed by atoms with Crippen molar-refractivity contribution in [1.82, 2.24) is 0 Å². The molecule has 2 rings (SSSR count). The Bertz CT molecular complexity index is 644. The van der Waals surface area contributed by atoms with Crippen molar-refractivity contribution >= 4 is 5.69 Å². The topological polar surface area (TPSA) is 36.3 Å². The van der Waals surface area contributed by atoms with Crippen molar-refractivity contribution in [3.05, 3.63) is 59.2 Å². The highest BCUT2D eigenvalue weighted by atomic mass is 16.5. The normalized spacial score (nSPS) is 9.90. The molecule has 0 atom stereocenters. The third kappa shape index (κ3) is 3.10. The molecule has 0 bridgehead atoms. The second-order valence-electron chi connectivity index (χ2n) is 4.81. The maximum absolute atomic E-state index is 8.90. The Morgan fingerprint density at radius 1 is 1.20 bits per heavy atom. The number of hydrogen-bond acceptors (Lipinski definition) is 3. The standard InChI is InChI=1S/C17H18N2O/c1-13-9-14(11-18)7-8-15(13)12-19(2)16-5-4-6-17(10-16)20-3/h4-10H,12H2,1-3H3. The van der Waals surface area contributed by atoms with Crippen LogP contribution in [0.1, 0.15) is 16.7 Å². The van der Waals surface area contributed by atoms with Gasteiger partial charge in [0.2, 0.25) is 0 Å². The van der Waals surface area contributed by atoms with E-state index in [0.717, 1.165) is 23.5 Å². The summed E-state index contributed by atoms with van der Waals surface area (Å²) in [5.41, 5.74) is 4.16. The zero-order valence-corrected chi connectivity index (χ0v) is 12.1. The third-order valence-corrected chi connectivity index (χ3v) is 3.37. The Labute approximate surface area is 120 Å². The van der Waals surface area contributed by atoms with E-state index in [2.05, 4.69) is 17.0 Å². The number of rotatable bonds is 4. The van der Waals surface area contributed by atoms with Gasteiger partial charge in [0.05, 0.1) is 18.7 Å². The van der Waals surface area contributed by atoms with Crippen molar-refractivity contribution in [2.24, 2.45) is 0 Å². The van der Waals surface area contributed by atoms with E-state index in [4.69, 9.17) is 10.00 Å². The molecule has 2 aromatic carbocycles. The Morgan fingerprint density at radius 3 is 2.65 bits per heavy atom. The lowest BCUT2D eigenvalue weighted by atomic mass is 10.1. The van der Waals surface area contributed by atoms with Crippen LogP contribution in [0, 0.1) is 18.3 Å². The number of nitriles is 1. The summed E-state index contributed by atoms with van der Waals surface area (Å²) in [7, 11) is 3.72. The molecule has 0 saturated carbocycles. The smallest absolute Gasteiger partial charge is 0.120 e. The van der Waals surface area contributed by atoms with E-state index in [-0.39, 0.29) is 0 Å². The molecule has 0 spiro atoms. The molecule has 102 valence electrons. The van der Waals surface area contributed by atoms with E-state index in [1.54, 1.807) is 7.11 Å². The van der Waals surface area contributed by atoms with Crippen molar-refractivity contribution in [3.8, 4) is 11.8 Å². The molecule has 0 aromatic heterocycles. The predicted molar refractivity (Wildman–Crippen MR) is 81.0 cm³/mol. The van der Waals surface area contributed by atoms with Crippen molar-refractivity contribution in [1.29, 1.82) is 5.26 Å². The van der Waals surface area contributed by atoms with Crippen LogP contribution in [0.3, 0.4) is 0 Å². The van der Waals surface area contributed by atoms with Crippen LogP contribution in [0.15, 0.2) is 42.5 Å². The summed E-state index contributed by atoms with van der Waals surface area (Å²) in [4.78, 5) is 2.16. The summed E-state index contributed by atoms with van der Waals surface area (Å²) < 4.78 is 5.25. The number of aryl methyl sites for hydroxylation is 1. The van der Waals surface area contributed by atoms with E-state index in [0.29, 0.717) is 5.56 Å². The number of ether oxygens (including phenoxy) is 1. The van der Waals surface area contributed by atoms with Gasteiger partial charge in [-0.15, -0.1) is 0 Å². The lowest BCUT2D eigenvalue weighted by molar-refractivity contribution is 0.415. The Morgan fingerprint density at radius 2 is 2.00 bits per heavy atom. The van der Waals surface area contributed by atoms with Crippen LogP contribution in [0.5, 0.6) is 5.75 Å². The molecule has 0 N–H and O–H groups in total. The lowest BCUT2D eigenvalue weighted by Gasteiger charge is -2.21. The average molecular weight is 266 g/mol. The second kappa shape index (κ2) is 6.12. The van der Waals surface area contributed by atoms with Gasteiger partial charge in [-0.1, -0.05) is 12.1 Å². The van der Waals surface area contributed by atoms with Crippen LogP contribution in [0.25, 0.3) is 0 Å². The third-order valence-electron chi connectivity index (χ3n) is 3.37. The van der Waals surface area contributed by atoms with Crippen molar-refractivity contribution in [3.63, 3.8) is 0 Å². The summed E-state index contributed by atoms with van der Waals surface area (Å²) in [6, 6.07) is 16.0. The van der Waals surface area contributed by atoms with Crippen LogP contribution in [-0.4, -0.2) is 14.2 Å². The summed E-state index contributed by atoms with van der Waals surface area (Å²) in [6.07, 6.45) is 0. The maximum Gasteiger partial charge on any atom is 0.120 e. The molecule has 3 heteroatoms. The molecule has 2 aromatic rings. The molecule has 0 amide bonds. The highest BCUT2D eigenvalue weighted by Crippen LogP contribution is 2.22. The zero-order chi connectivity index (χ0) is 14.5. The fourth-order valence-electron chi connectivity index (χ4n) is 2.14. The first kappa shape index (κ1) is 14.0. The fraction of sp³-hybridized carbons (Fsp3) is 0.235. The number of benzene rings is 2. The molecule has 0 aliphatic rings. The molecule has 20 heavy (non-hydrogen) atoms. The first-order valence-electron chi connectivity index (χ1n) is 6.49. The Hall–Kier alpha value is -2.47. The van der Waals surface area contributed by atoms with Gasteiger partial charge < -0.3 is 9.64 Å². The van der Waals surface area contributed by atoms with Crippen LogP contribution in [-0.2, 0) is 6.54 Å². The summed E-state index contributed by atoms with van der Waals surface area (Å²) in [5, 5.41) is 8.90. The molecular formula is C17H18N2O. The molecule has 0 radical (unpaired) electrons. The maximum atomic E-state index is 8.90. The highest BCUT2D eigenvalue weighted by Gasteiger charge is 2.06. The molecule has 0 saturated heterocycles. The molecule has 0 fully saturated rings. The van der Waals surface area contributed by atoms with E-state index in [9.17, 15) is 0 Å². The number of anilines is 1. The number of hydrogen-bond donors (Lipinski definition) is 0. The minimum atomic E-state index is 0.704. The van der Waals surface area contributed by atoms with Crippen molar-refractivity contribution < 1.29 is 4.74 Å². The van der Waals surface area contributed by atoms with Gasteiger partial charge >= 0.3 is 0 Å². The van der Waals surface area contributed by atoms with Gasteiger partial charge in [0.15, 0.2) is 0 Å². The Kier molecular flexibility index (Phi) is 4.27. The lowest BCUT2D eigenvalue weighted by Crippen LogP contribution is -2.17. The van der Waals surface area contributed by atoms with Gasteiger partial charge in [0.25, 0.3) is 0 Å².